The molecule has 1 saturated carbocycles. The van der Waals surface area contributed by atoms with Crippen molar-refractivity contribution in [3.05, 3.63) is 42.1 Å². The Morgan fingerprint density at radius 2 is 1.79 bits per heavy atom. The van der Waals surface area contributed by atoms with Crippen LogP contribution >= 0.6 is 0 Å². The minimum Gasteiger partial charge on any atom is -0.375 e. The standard InChI is InChI=1S/C26H34N6O2/c1-2-32-17-12-23(13-18-32)34-22-9-7-21(8-10-22)30-26-29-15-11-24(31-26)19-3-5-20(6-4-19)25(33)28-16-14-27/h3-6,11,15,21-23H,2,7-10,12-13,16-18H2,1H3,(H,28,33)(H,29,30,31). The third-order valence-electron chi connectivity index (χ3n) is 6.80. The lowest BCUT2D eigenvalue weighted by atomic mass is 9.92. The number of rotatable bonds is 8. The van der Waals surface area contributed by atoms with Gasteiger partial charge in [0.2, 0.25) is 5.95 Å². The number of piperidine rings is 1. The highest BCUT2D eigenvalue weighted by atomic mass is 16.5. The number of carbonyl (C=O) groups is 1. The zero-order valence-electron chi connectivity index (χ0n) is 19.9. The Morgan fingerprint density at radius 3 is 2.47 bits per heavy atom. The maximum absolute atomic E-state index is 12.0. The van der Waals surface area contributed by atoms with E-state index in [1.807, 2.05) is 24.3 Å². The molecule has 0 atom stereocenters. The molecule has 1 aromatic carbocycles. The molecule has 2 aliphatic rings. The highest BCUT2D eigenvalue weighted by Gasteiger charge is 2.26. The largest absolute Gasteiger partial charge is 0.375 e. The lowest BCUT2D eigenvalue weighted by molar-refractivity contribution is -0.0561. The first kappa shape index (κ1) is 24.1. The van der Waals surface area contributed by atoms with Crippen molar-refractivity contribution in [2.45, 2.75) is 63.7 Å². The number of aromatic nitrogens is 2. The zero-order chi connectivity index (χ0) is 23.8. The summed E-state index contributed by atoms with van der Waals surface area (Å²) < 4.78 is 6.42. The van der Waals surface area contributed by atoms with Crippen molar-refractivity contribution in [1.82, 2.24) is 20.2 Å². The van der Waals surface area contributed by atoms with E-state index >= 15 is 0 Å². The number of hydrogen-bond acceptors (Lipinski definition) is 7. The molecule has 2 fully saturated rings. The fraction of sp³-hybridized carbons (Fsp3) is 0.538. The van der Waals surface area contributed by atoms with Gasteiger partial charge in [0.25, 0.3) is 5.91 Å². The van der Waals surface area contributed by atoms with Crippen LogP contribution in [0.2, 0.25) is 0 Å². The van der Waals surface area contributed by atoms with Gasteiger partial charge in [-0.3, -0.25) is 4.79 Å². The number of anilines is 1. The molecule has 4 rings (SSSR count). The molecule has 1 saturated heterocycles. The van der Waals surface area contributed by atoms with E-state index in [0.717, 1.165) is 69.4 Å². The molecule has 1 aliphatic carbocycles. The van der Waals surface area contributed by atoms with E-state index in [0.29, 0.717) is 29.8 Å². The number of nitriles is 1. The van der Waals surface area contributed by atoms with Gasteiger partial charge < -0.3 is 20.3 Å². The Morgan fingerprint density at radius 1 is 1.09 bits per heavy atom. The Bertz CT molecular complexity index is 974. The zero-order valence-corrected chi connectivity index (χ0v) is 19.9. The molecule has 34 heavy (non-hydrogen) atoms. The lowest BCUT2D eigenvalue weighted by Crippen LogP contribution is -2.39. The Labute approximate surface area is 201 Å². The van der Waals surface area contributed by atoms with E-state index < -0.39 is 0 Å². The summed E-state index contributed by atoms with van der Waals surface area (Å²) in [4.78, 5) is 23.6. The first-order valence-corrected chi connectivity index (χ1v) is 12.4. The summed E-state index contributed by atoms with van der Waals surface area (Å²) in [5, 5.41) is 14.6. The topological polar surface area (TPSA) is 103 Å². The van der Waals surface area contributed by atoms with Crippen LogP contribution < -0.4 is 10.6 Å². The summed E-state index contributed by atoms with van der Waals surface area (Å²) in [6, 6.07) is 11.3. The Kier molecular flexibility index (Phi) is 8.45. The third-order valence-corrected chi connectivity index (χ3v) is 6.80. The molecule has 1 amide bonds. The number of nitrogens with zero attached hydrogens (tertiary/aromatic N) is 4. The number of benzene rings is 1. The van der Waals surface area contributed by atoms with E-state index in [1.54, 1.807) is 18.3 Å². The van der Waals surface area contributed by atoms with Crippen LogP contribution in [0, 0.1) is 11.3 Å². The van der Waals surface area contributed by atoms with Crippen LogP contribution in [0.15, 0.2) is 36.5 Å². The van der Waals surface area contributed by atoms with Crippen molar-refractivity contribution in [3.63, 3.8) is 0 Å². The van der Waals surface area contributed by atoms with Crippen molar-refractivity contribution in [3.8, 4) is 17.3 Å². The van der Waals surface area contributed by atoms with Gasteiger partial charge in [0.05, 0.1) is 24.0 Å². The van der Waals surface area contributed by atoms with Gasteiger partial charge in [-0.25, -0.2) is 9.97 Å². The molecule has 0 unspecified atom stereocenters. The fourth-order valence-corrected chi connectivity index (χ4v) is 4.76. The molecule has 1 aromatic heterocycles. The van der Waals surface area contributed by atoms with Gasteiger partial charge in [0.15, 0.2) is 0 Å². The van der Waals surface area contributed by atoms with E-state index in [1.165, 1.54) is 0 Å². The smallest absolute Gasteiger partial charge is 0.252 e. The van der Waals surface area contributed by atoms with Crippen LogP contribution in [-0.2, 0) is 4.74 Å². The lowest BCUT2D eigenvalue weighted by Gasteiger charge is -2.35. The van der Waals surface area contributed by atoms with Crippen LogP contribution in [-0.4, -0.2) is 65.2 Å². The second kappa shape index (κ2) is 11.9. The quantitative estimate of drug-likeness (QED) is 0.578. The summed E-state index contributed by atoms with van der Waals surface area (Å²) >= 11 is 0. The average molecular weight is 463 g/mol. The predicted molar refractivity (Wildman–Crippen MR) is 131 cm³/mol. The average Bonchev–Trinajstić information content (AvgIpc) is 2.89. The van der Waals surface area contributed by atoms with Crippen LogP contribution in [0.3, 0.4) is 0 Å². The van der Waals surface area contributed by atoms with Crippen LogP contribution in [0.5, 0.6) is 0 Å². The van der Waals surface area contributed by atoms with Crippen molar-refractivity contribution in [1.29, 1.82) is 5.26 Å². The molecule has 0 radical (unpaired) electrons. The van der Waals surface area contributed by atoms with E-state index in [9.17, 15) is 4.79 Å². The van der Waals surface area contributed by atoms with Gasteiger partial charge in [-0.1, -0.05) is 19.1 Å². The minimum atomic E-state index is -0.260. The van der Waals surface area contributed by atoms with E-state index in [2.05, 4.69) is 32.4 Å². The summed E-state index contributed by atoms with van der Waals surface area (Å²) in [5.74, 6) is 0.369. The highest BCUT2D eigenvalue weighted by molar-refractivity contribution is 5.94. The molecule has 2 heterocycles. The molecular weight excluding hydrogens is 428 g/mol. The Hall–Kier alpha value is -3.02. The van der Waals surface area contributed by atoms with Gasteiger partial charge in [-0.2, -0.15) is 5.26 Å². The highest BCUT2D eigenvalue weighted by Crippen LogP contribution is 2.27. The monoisotopic (exact) mass is 462 g/mol. The maximum Gasteiger partial charge on any atom is 0.252 e. The molecule has 0 spiro atoms. The van der Waals surface area contributed by atoms with Crippen LogP contribution in [0.1, 0.15) is 55.8 Å². The number of carbonyl (C=O) groups excluding carboxylic acids is 1. The molecule has 0 bridgehead atoms. The molecule has 8 nitrogen and oxygen atoms in total. The molecule has 180 valence electrons. The van der Waals surface area contributed by atoms with Crippen molar-refractivity contribution >= 4 is 11.9 Å². The molecule has 8 heteroatoms. The first-order chi connectivity index (χ1) is 16.6. The molecular formula is C26H34N6O2. The maximum atomic E-state index is 12.0. The molecule has 1 aliphatic heterocycles. The number of likely N-dealkylation sites (tertiary alicyclic amines) is 1. The van der Waals surface area contributed by atoms with E-state index in [4.69, 9.17) is 10.00 Å². The summed E-state index contributed by atoms with van der Waals surface area (Å²) in [6.45, 7) is 5.67. The second-order valence-electron chi connectivity index (χ2n) is 9.07. The van der Waals surface area contributed by atoms with Crippen molar-refractivity contribution in [2.75, 3.05) is 31.5 Å². The summed E-state index contributed by atoms with van der Waals surface area (Å²) in [5.41, 5.74) is 2.23. The Balaban J connectivity index is 1.26. The number of nitrogens with one attached hydrogen (secondary N) is 2. The van der Waals surface area contributed by atoms with Gasteiger partial charge in [0.1, 0.15) is 6.54 Å². The summed E-state index contributed by atoms with van der Waals surface area (Å²) in [7, 11) is 0. The normalized spacial score (nSPS) is 21.5. The van der Waals surface area contributed by atoms with Gasteiger partial charge in [-0.05, 0) is 63.3 Å². The van der Waals surface area contributed by atoms with Crippen molar-refractivity contribution < 1.29 is 9.53 Å². The minimum absolute atomic E-state index is 0.00611. The molecule has 2 N–H and O–H groups in total. The second-order valence-corrected chi connectivity index (χ2v) is 9.07. The van der Waals surface area contributed by atoms with E-state index in [-0.39, 0.29) is 12.5 Å². The van der Waals surface area contributed by atoms with Crippen molar-refractivity contribution in [2.24, 2.45) is 0 Å². The number of amides is 1. The molecule has 2 aromatic rings. The number of ether oxygens (including phenoxy) is 1. The predicted octanol–water partition coefficient (Wildman–Crippen LogP) is 3.62. The van der Waals surface area contributed by atoms with Gasteiger partial charge in [0, 0.05) is 36.5 Å². The fourth-order valence-electron chi connectivity index (χ4n) is 4.76. The van der Waals surface area contributed by atoms with Gasteiger partial charge >= 0.3 is 0 Å². The third kappa shape index (κ3) is 6.52. The summed E-state index contributed by atoms with van der Waals surface area (Å²) in [6.07, 6.45) is 9.10. The van der Waals surface area contributed by atoms with Crippen LogP contribution in [0.25, 0.3) is 11.3 Å². The van der Waals surface area contributed by atoms with Gasteiger partial charge in [-0.15, -0.1) is 0 Å². The van der Waals surface area contributed by atoms with Crippen LogP contribution in [0.4, 0.5) is 5.95 Å². The SMILES string of the molecule is CCN1CCC(OC2CCC(Nc3nccc(-c4ccc(C(=O)NCC#N)cc4)n3)CC2)CC1. The number of hydrogen-bond donors (Lipinski definition) is 2. The first-order valence-electron chi connectivity index (χ1n) is 12.4.